The third-order valence-corrected chi connectivity index (χ3v) is 3.43. The molecule has 5 nitrogen and oxygen atoms in total. The maximum atomic E-state index is 11.8. The number of rotatable bonds is 5. The van der Waals surface area contributed by atoms with Crippen LogP contribution in [0.1, 0.15) is 39.5 Å². The van der Waals surface area contributed by atoms with Gasteiger partial charge in [0.25, 0.3) is 0 Å². The molecule has 0 N–H and O–H groups in total. The van der Waals surface area contributed by atoms with Crippen molar-refractivity contribution in [1.29, 1.82) is 0 Å². The molecule has 19 heavy (non-hydrogen) atoms. The Bertz CT molecular complexity index is 296. The highest BCUT2D eigenvalue weighted by atomic mass is 16.5. The van der Waals surface area contributed by atoms with E-state index in [-0.39, 0.29) is 18.0 Å². The van der Waals surface area contributed by atoms with Crippen LogP contribution in [0.15, 0.2) is 0 Å². The van der Waals surface area contributed by atoms with E-state index in [1.54, 1.807) is 4.90 Å². The second kappa shape index (κ2) is 8.02. The molecule has 1 rings (SSSR count). The van der Waals surface area contributed by atoms with Crippen molar-refractivity contribution in [2.75, 3.05) is 26.8 Å². The molecule has 0 aromatic carbocycles. The van der Waals surface area contributed by atoms with Crippen LogP contribution in [0.3, 0.4) is 0 Å². The summed E-state index contributed by atoms with van der Waals surface area (Å²) in [6.45, 7) is 5.96. The van der Waals surface area contributed by atoms with Gasteiger partial charge in [-0.1, -0.05) is 13.8 Å². The molecule has 0 bridgehead atoms. The number of carbonyl (C=O) groups excluding carboxylic acids is 2. The standard InChI is InChI=1S/C14H25NO4/c1-11(2)5-4-10-19-13(16)12-6-8-15(9-7-12)14(17)18-3/h11-12H,4-10H2,1-3H3. The Hall–Kier alpha value is -1.26. The first-order chi connectivity index (χ1) is 9.04. The van der Waals surface area contributed by atoms with Crippen molar-refractivity contribution in [3.05, 3.63) is 0 Å². The van der Waals surface area contributed by atoms with Crippen LogP contribution in [0, 0.1) is 11.8 Å². The van der Waals surface area contributed by atoms with Gasteiger partial charge in [-0.25, -0.2) is 4.79 Å². The van der Waals surface area contributed by atoms with Gasteiger partial charge in [-0.2, -0.15) is 0 Å². The van der Waals surface area contributed by atoms with E-state index in [4.69, 9.17) is 4.74 Å². The molecule has 1 amide bonds. The summed E-state index contributed by atoms with van der Waals surface area (Å²) in [5.74, 6) is 0.454. The predicted molar refractivity (Wildman–Crippen MR) is 71.7 cm³/mol. The number of methoxy groups -OCH3 is 1. The molecular formula is C14H25NO4. The van der Waals surface area contributed by atoms with E-state index in [2.05, 4.69) is 18.6 Å². The van der Waals surface area contributed by atoms with Crippen LogP contribution < -0.4 is 0 Å². The lowest BCUT2D eigenvalue weighted by atomic mass is 9.97. The number of ether oxygens (including phenoxy) is 2. The molecule has 1 aliphatic heterocycles. The summed E-state index contributed by atoms with van der Waals surface area (Å²) in [5, 5.41) is 0. The Morgan fingerprint density at radius 2 is 1.89 bits per heavy atom. The van der Waals surface area contributed by atoms with Gasteiger partial charge in [0, 0.05) is 13.1 Å². The molecule has 0 aliphatic carbocycles. The summed E-state index contributed by atoms with van der Waals surface area (Å²) in [4.78, 5) is 24.8. The Morgan fingerprint density at radius 3 is 2.42 bits per heavy atom. The first kappa shape index (κ1) is 15.8. The lowest BCUT2D eigenvalue weighted by Gasteiger charge is -2.29. The number of amides is 1. The molecule has 1 aliphatic rings. The SMILES string of the molecule is COC(=O)N1CCC(C(=O)OCCCC(C)C)CC1. The minimum Gasteiger partial charge on any atom is -0.465 e. The second-order valence-electron chi connectivity index (χ2n) is 5.43. The van der Waals surface area contributed by atoms with Crippen LogP contribution in [0.4, 0.5) is 4.79 Å². The molecule has 0 radical (unpaired) electrons. The highest BCUT2D eigenvalue weighted by Crippen LogP contribution is 2.19. The van der Waals surface area contributed by atoms with Crippen molar-refractivity contribution in [2.24, 2.45) is 11.8 Å². The van der Waals surface area contributed by atoms with Gasteiger partial charge in [0.05, 0.1) is 19.6 Å². The molecule has 0 saturated carbocycles. The van der Waals surface area contributed by atoms with Crippen LogP contribution in [0.5, 0.6) is 0 Å². The third kappa shape index (κ3) is 5.49. The predicted octanol–water partition coefficient (Wildman–Crippen LogP) is 2.44. The van der Waals surface area contributed by atoms with E-state index < -0.39 is 0 Å². The highest BCUT2D eigenvalue weighted by Gasteiger charge is 2.28. The lowest BCUT2D eigenvalue weighted by Crippen LogP contribution is -2.40. The molecule has 1 fully saturated rings. The van der Waals surface area contributed by atoms with Crippen molar-refractivity contribution in [1.82, 2.24) is 4.90 Å². The van der Waals surface area contributed by atoms with Gasteiger partial charge >= 0.3 is 12.1 Å². The molecule has 0 spiro atoms. The van der Waals surface area contributed by atoms with Crippen LogP contribution in [0.25, 0.3) is 0 Å². The van der Waals surface area contributed by atoms with Crippen molar-refractivity contribution in [2.45, 2.75) is 39.5 Å². The zero-order valence-corrected chi connectivity index (χ0v) is 12.2. The Balaban J connectivity index is 2.20. The van der Waals surface area contributed by atoms with Gasteiger partial charge in [0.15, 0.2) is 0 Å². The van der Waals surface area contributed by atoms with E-state index in [9.17, 15) is 9.59 Å². The molecule has 1 heterocycles. The van der Waals surface area contributed by atoms with Crippen LogP contribution in [-0.4, -0.2) is 43.8 Å². The Labute approximate surface area is 115 Å². The van der Waals surface area contributed by atoms with Crippen LogP contribution in [0.2, 0.25) is 0 Å². The van der Waals surface area contributed by atoms with E-state index in [1.807, 2.05) is 0 Å². The summed E-state index contributed by atoms with van der Waals surface area (Å²) >= 11 is 0. The fraction of sp³-hybridized carbons (Fsp3) is 0.857. The first-order valence-corrected chi connectivity index (χ1v) is 7.04. The van der Waals surface area contributed by atoms with Gasteiger partial charge in [-0.05, 0) is 31.6 Å². The number of nitrogens with zero attached hydrogens (tertiary/aromatic N) is 1. The largest absolute Gasteiger partial charge is 0.465 e. The molecule has 110 valence electrons. The zero-order chi connectivity index (χ0) is 14.3. The lowest BCUT2D eigenvalue weighted by molar-refractivity contribution is -0.150. The van der Waals surface area contributed by atoms with E-state index in [1.165, 1.54) is 7.11 Å². The number of piperidine rings is 1. The highest BCUT2D eigenvalue weighted by molar-refractivity contribution is 5.73. The molecular weight excluding hydrogens is 246 g/mol. The average Bonchev–Trinajstić information content (AvgIpc) is 2.42. The number of hydrogen-bond acceptors (Lipinski definition) is 4. The summed E-state index contributed by atoms with van der Waals surface area (Å²) in [6, 6.07) is 0. The summed E-state index contributed by atoms with van der Waals surface area (Å²) in [7, 11) is 1.37. The normalized spacial score (nSPS) is 16.5. The third-order valence-electron chi connectivity index (χ3n) is 3.43. The topological polar surface area (TPSA) is 55.8 Å². The van der Waals surface area contributed by atoms with Crippen LogP contribution in [-0.2, 0) is 14.3 Å². The minimum absolute atomic E-state index is 0.0695. The van der Waals surface area contributed by atoms with Crippen molar-refractivity contribution >= 4 is 12.1 Å². The summed E-state index contributed by atoms with van der Waals surface area (Å²) in [5.41, 5.74) is 0. The monoisotopic (exact) mass is 271 g/mol. The van der Waals surface area contributed by atoms with Crippen molar-refractivity contribution in [3.8, 4) is 0 Å². The van der Waals surface area contributed by atoms with Gasteiger partial charge in [-0.15, -0.1) is 0 Å². The molecule has 0 unspecified atom stereocenters. The quantitative estimate of drug-likeness (QED) is 0.569. The minimum atomic E-state index is -0.316. The van der Waals surface area contributed by atoms with Crippen molar-refractivity contribution < 1.29 is 19.1 Å². The molecule has 1 saturated heterocycles. The number of esters is 1. The number of likely N-dealkylation sites (tertiary alicyclic amines) is 1. The maximum absolute atomic E-state index is 11.8. The maximum Gasteiger partial charge on any atom is 0.409 e. The smallest absolute Gasteiger partial charge is 0.409 e. The van der Waals surface area contributed by atoms with Gasteiger partial charge in [0.1, 0.15) is 0 Å². The molecule has 0 aromatic heterocycles. The Kier molecular flexibility index (Phi) is 6.67. The van der Waals surface area contributed by atoms with E-state index in [0.717, 1.165) is 12.8 Å². The van der Waals surface area contributed by atoms with E-state index >= 15 is 0 Å². The summed E-state index contributed by atoms with van der Waals surface area (Å²) < 4.78 is 9.94. The van der Waals surface area contributed by atoms with Crippen LogP contribution >= 0.6 is 0 Å². The molecule has 0 atom stereocenters. The van der Waals surface area contributed by atoms with Gasteiger partial charge in [-0.3, -0.25) is 4.79 Å². The first-order valence-electron chi connectivity index (χ1n) is 7.04. The average molecular weight is 271 g/mol. The van der Waals surface area contributed by atoms with Gasteiger partial charge < -0.3 is 14.4 Å². The fourth-order valence-corrected chi connectivity index (χ4v) is 2.21. The fourth-order valence-electron chi connectivity index (χ4n) is 2.21. The van der Waals surface area contributed by atoms with Crippen molar-refractivity contribution in [3.63, 3.8) is 0 Å². The number of hydrogen-bond donors (Lipinski definition) is 0. The zero-order valence-electron chi connectivity index (χ0n) is 12.2. The molecule has 0 aromatic rings. The Morgan fingerprint density at radius 1 is 1.26 bits per heavy atom. The molecule has 5 heteroatoms. The van der Waals surface area contributed by atoms with E-state index in [0.29, 0.717) is 38.5 Å². The summed E-state index contributed by atoms with van der Waals surface area (Å²) in [6.07, 6.45) is 3.01. The van der Waals surface area contributed by atoms with Gasteiger partial charge in [0.2, 0.25) is 0 Å². The second-order valence-corrected chi connectivity index (χ2v) is 5.43. The number of carbonyl (C=O) groups is 2.